The van der Waals surface area contributed by atoms with Crippen molar-refractivity contribution in [1.29, 1.82) is 5.26 Å². The summed E-state index contributed by atoms with van der Waals surface area (Å²) in [6.45, 7) is 5.20. The first-order valence-corrected chi connectivity index (χ1v) is 7.25. The maximum Gasteiger partial charge on any atom is 0.244 e. The zero-order valence-electron chi connectivity index (χ0n) is 10.4. The Labute approximate surface area is 107 Å². The van der Waals surface area contributed by atoms with Gasteiger partial charge in [0.05, 0.1) is 0 Å². The molecule has 1 aliphatic heterocycles. The summed E-state index contributed by atoms with van der Waals surface area (Å²) in [6.07, 6.45) is 1.25. The monoisotopic (exact) mass is 265 g/mol. The third-order valence-corrected chi connectivity index (χ3v) is 5.26. The van der Waals surface area contributed by atoms with Crippen LogP contribution in [0.15, 0.2) is 23.2 Å². The first-order chi connectivity index (χ1) is 8.45. The predicted octanol–water partition coefficient (Wildman–Crippen LogP) is 1.23. The molecule has 2 atom stereocenters. The summed E-state index contributed by atoms with van der Waals surface area (Å²) in [5.74, 6) is 0.734. The molecule has 2 unspecified atom stereocenters. The molecule has 0 N–H and O–H groups in total. The number of rotatable bonds is 2. The molecule has 0 amide bonds. The van der Waals surface area contributed by atoms with E-state index in [1.807, 2.05) is 6.07 Å². The third-order valence-electron chi connectivity index (χ3n) is 3.44. The average molecular weight is 265 g/mol. The first kappa shape index (κ1) is 13.0. The quantitative estimate of drug-likeness (QED) is 0.806. The van der Waals surface area contributed by atoms with Crippen LogP contribution in [-0.4, -0.2) is 30.8 Å². The van der Waals surface area contributed by atoms with Gasteiger partial charge in [0.15, 0.2) is 0 Å². The maximum atomic E-state index is 12.3. The van der Waals surface area contributed by atoms with Gasteiger partial charge in [-0.15, -0.1) is 0 Å². The molecule has 96 valence electrons. The van der Waals surface area contributed by atoms with Crippen LogP contribution in [-0.2, 0) is 10.0 Å². The fraction of sp³-hybridized carbons (Fsp3) is 0.500. The summed E-state index contributed by atoms with van der Waals surface area (Å²) in [7, 11) is -3.47. The molecule has 0 saturated carbocycles. The lowest BCUT2D eigenvalue weighted by Crippen LogP contribution is -2.29. The molecule has 0 bridgehead atoms. The minimum Gasteiger partial charge on any atom is -0.244 e. The molecule has 5 nitrogen and oxygen atoms in total. The number of aromatic nitrogens is 1. The minimum atomic E-state index is -3.47. The largest absolute Gasteiger partial charge is 0.244 e. The van der Waals surface area contributed by atoms with E-state index in [-0.39, 0.29) is 10.6 Å². The van der Waals surface area contributed by atoms with E-state index in [9.17, 15) is 8.42 Å². The van der Waals surface area contributed by atoms with Gasteiger partial charge in [-0.1, -0.05) is 13.8 Å². The van der Waals surface area contributed by atoms with Gasteiger partial charge < -0.3 is 0 Å². The van der Waals surface area contributed by atoms with E-state index in [2.05, 4.69) is 18.8 Å². The number of nitrogens with zero attached hydrogens (tertiary/aromatic N) is 3. The molecular weight excluding hydrogens is 250 g/mol. The highest BCUT2D eigenvalue weighted by molar-refractivity contribution is 7.89. The van der Waals surface area contributed by atoms with E-state index in [1.165, 1.54) is 22.6 Å². The van der Waals surface area contributed by atoms with Crippen molar-refractivity contribution >= 4 is 10.0 Å². The predicted molar refractivity (Wildman–Crippen MR) is 66.0 cm³/mol. The Morgan fingerprint density at radius 2 is 1.94 bits per heavy atom. The molecule has 2 rings (SSSR count). The highest BCUT2D eigenvalue weighted by Crippen LogP contribution is 2.27. The van der Waals surface area contributed by atoms with E-state index in [0.29, 0.717) is 24.9 Å². The Morgan fingerprint density at radius 3 is 2.39 bits per heavy atom. The Kier molecular flexibility index (Phi) is 3.37. The van der Waals surface area contributed by atoms with Gasteiger partial charge >= 0.3 is 0 Å². The van der Waals surface area contributed by atoms with Crippen LogP contribution >= 0.6 is 0 Å². The zero-order valence-corrected chi connectivity index (χ0v) is 11.2. The molecule has 6 heteroatoms. The number of hydrogen-bond acceptors (Lipinski definition) is 4. The second-order valence-electron chi connectivity index (χ2n) is 4.77. The van der Waals surface area contributed by atoms with Gasteiger partial charge in [-0.05, 0) is 24.0 Å². The van der Waals surface area contributed by atoms with Gasteiger partial charge in [-0.3, -0.25) is 0 Å². The van der Waals surface area contributed by atoms with Crippen molar-refractivity contribution in [2.24, 2.45) is 11.8 Å². The molecule has 1 aromatic rings. The summed E-state index contributed by atoms with van der Waals surface area (Å²) in [6, 6.07) is 4.74. The lowest BCUT2D eigenvalue weighted by atomic mass is 10.0. The Balaban J connectivity index is 2.29. The molecular formula is C12H15N3O2S. The molecule has 1 fully saturated rings. The Bertz CT molecular complexity index is 564. The zero-order chi connectivity index (χ0) is 13.3. The molecule has 1 saturated heterocycles. The molecule has 2 heterocycles. The van der Waals surface area contributed by atoms with Gasteiger partial charge in [0.2, 0.25) is 10.0 Å². The van der Waals surface area contributed by atoms with E-state index in [0.717, 1.165) is 0 Å². The van der Waals surface area contributed by atoms with Crippen LogP contribution in [0, 0.1) is 23.2 Å². The second-order valence-corrected chi connectivity index (χ2v) is 6.71. The molecule has 0 radical (unpaired) electrons. The number of nitriles is 1. The summed E-state index contributed by atoms with van der Waals surface area (Å²) >= 11 is 0. The summed E-state index contributed by atoms with van der Waals surface area (Å²) in [5, 5.41) is 8.64. The fourth-order valence-corrected chi connectivity index (χ4v) is 3.61. The molecule has 0 aliphatic carbocycles. The van der Waals surface area contributed by atoms with Crippen LogP contribution in [0.2, 0.25) is 0 Å². The summed E-state index contributed by atoms with van der Waals surface area (Å²) in [4.78, 5) is 3.96. The highest BCUT2D eigenvalue weighted by Gasteiger charge is 2.34. The van der Waals surface area contributed by atoms with Crippen LogP contribution in [0.1, 0.15) is 19.5 Å². The van der Waals surface area contributed by atoms with Crippen molar-refractivity contribution in [3.8, 4) is 6.07 Å². The van der Waals surface area contributed by atoms with Crippen molar-refractivity contribution in [1.82, 2.24) is 9.29 Å². The van der Waals surface area contributed by atoms with E-state index >= 15 is 0 Å². The molecule has 1 aliphatic rings. The van der Waals surface area contributed by atoms with Crippen LogP contribution < -0.4 is 0 Å². The van der Waals surface area contributed by atoms with Gasteiger partial charge in [0, 0.05) is 19.3 Å². The normalized spacial score (nSPS) is 24.9. The summed E-state index contributed by atoms with van der Waals surface area (Å²) in [5.41, 5.74) is 0.220. The van der Waals surface area contributed by atoms with Crippen molar-refractivity contribution < 1.29 is 8.42 Å². The Hall–Kier alpha value is -1.45. The van der Waals surface area contributed by atoms with E-state index < -0.39 is 10.0 Å². The SMILES string of the molecule is CC1CN(S(=O)(=O)c2ccc(C#N)nc2)CC1C. The first-order valence-electron chi connectivity index (χ1n) is 5.81. The standard InChI is InChI=1S/C12H15N3O2S/c1-9-7-15(8-10(9)2)18(16,17)12-4-3-11(5-13)14-6-12/h3-4,6,9-10H,7-8H2,1-2H3. The van der Waals surface area contributed by atoms with Crippen molar-refractivity contribution in [3.63, 3.8) is 0 Å². The average Bonchev–Trinajstić information content (AvgIpc) is 2.70. The van der Waals surface area contributed by atoms with Gasteiger partial charge in [-0.2, -0.15) is 9.57 Å². The van der Waals surface area contributed by atoms with E-state index in [1.54, 1.807) is 0 Å². The van der Waals surface area contributed by atoms with Crippen molar-refractivity contribution in [2.45, 2.75) is 18.7 Å². The summed E-state index contributed by atoms with van der Waals surface area (Å²) < 4.78 is 26.1. The number of sulfonamides is 1. The third kappa shape index (κ3) is 2.24. The van der Waals surface area contributed by atoms with Crippen LogP contribution in [0.4, 0.5) is 0 Å². The van der Waals surface area contributed by atoms with Crippen molar-refractivity contribution in [3.05, 3.63) is 24.0 Å². The number of pyridine rings is 1. The van der Waals surface area contributed by atoms with Gasteiger partial charge in [-0.25, -0.2) is 13.4 Å². The molecule has 0 spiro atoms. The minimum absolute atomic E-state index is 0.155. The topological polar surface area (TPSA) is 74.1 Å². The molecule has 18 heavy (non-hydrogen) atoms. The van der Waals surface area contributed by atoms with Gasteiger partial charge in [0.1, 0.15) is 16.7 Å². The smallest absolute Gasteiger partial charge is 0.244 e. The molecule has 1 aromatic heterocycles. The lowest BCUT2D eigenvalue weighted by Gasteiger charge is -2.15. The number of hydrogen-bond donors (Lipinski definition) is 0. The second kappa shape index (κ2) is 4.67. The fourth-order valence-electron chi connectivity index (χ4n) is 2.02. The van der Waals surface area contributed by atoms with Crippen LogP contribution in [0.3, 0.4) is 0 Å². The van der Waals surface area contributed by atoms with Crippen LogP contribution in [0.5, 0.6) is 0 Å². The van der Waals surface area contributed by atoms with Gasteiger partial charge in [0.25, 0.3) is 0 Å². The van der Waals surface area contributed by atoms with Crippen molar-refractivity contribution in [2.75, 3.05) is 13.1 Å². The molecule has 0 aromatic carbocycles. The highest BCUT2D eigenvalue weighted by atomic mass is 32.2. The lowest BCUT2D eigenvalue weighted by molar-refractivity contribution is 0.463. The maximum absolute atomic E-state index is 12.3. The van der Waals surface area contributed by atoms with Crippen LogP contribution in [0.25, 0.3) is 0 Å². The van der Waals surface area contributed by atoms with E-state index in [4.69, 9.17) is 5.26 Å². The Morgan fingerprint density at radius 1 is 1.33 bits per heavy atom.